The lowest BCUT2D eigenvalue weighted by molar-refractivity contribution is -0.133. The first-order valence-corrected chi connectivity index (χ1v) is 9.72. The van der Waals surface area contributed by atoms with E-state index in [2.05, 4.69) is 0 Å². The van der Waals surface area contributed by atoms with Crippen LogP contribution in [-0.2, 0) is 21.5 Å². The van der Waals surface area contributed by atoms with Gasteiger partial charge in [0.15, 0.2) is 0 Å². The number of hydrogen-bond donors (Lipinski definition) is 0. The molecule has 7 heteroatoms. The van der Waals surface area contributed by atoms with Crippen LogP contribution in [0.3, 0.4) is 0 Å². The van der Waals surface area contributed by atoms with Crippen LogP contribution in [0.4, 0.5) is 4.39 Å². The third-order valence-corrected chi connectivity index (χ3v) is 5.09. The summed E-state index contributed by atoms with van der Waals surface area (Å²) in [6, 6.07) is 11.0. The Morgan fingerprint density at radius 3 is 2.15 bits per heavy atom. The van der Waals surface area contributed by atoms with E-state index < -0.39 is 15.9 Å². The number of halogens is 1. The van der Waals surface area contributed by atoms with Crippen LogP contribution in [0.1, 0.15) is 32.8 Å². The first-order valence-electron chi connectivity index (χ1n) is 8.31. The molecule has 0 atom stereocenters. The number of rotatable bonds is 7. The summed E-state index contributed by atoms with van der Waals surface area (Å²) in [6.07, 6.45) is 0.426. The number of nitrogens with zero attached hydrogens (tertiary/aromatic N) is 1. The quantitative estimate of drug-likeness (QED) is 0.688. The lowest BCUT2D eigenvalue weighted by atomic mass is 10.1. The highest BCUT2D eigenvalue weighted by atomic mass is 32.2. The molecule has 0 bridgehead atoms. The molecule has 0 aliphatic rings. The normalized spacial score (nSPS) is 11.4. The average molecular weight is 379 g/mol. The largest absolute Gasteiger partial charge is 0.379 e. The van der Waals surface area contributed by atoms with E-state index in [4.69, 9.17) is 4.18 Å². The van der Waals surface area contributed by atoms with Crippen LogP contribution in [0.15, 0.2) is 53.4 Å². The van der Waals surface area contributed by atoms with Crippen molar-refractivity contribution in [3.8, 4) is 5.75 Å². The minimum absolute atomic E-state index is 0.0548. The van der Waals surface area contributed by atoms with E-state index in [1.165, 1.54) is 12.1 Å². The Kier molecular flexibility index (Phi) is 6.37. The molecule has 2 aromatic rings. The molecule has 140 valence electrons. The predicted octanol–water partition coefficient (Wildman–Crippen LogP) is 3.74. The average Bonchev–Trinajstić information content (AvgIpc) is 2.60. The number of hydrogen-bond acceptors (Lipinski definition) is 4. The van der Waals surface area contributed by atoms with Crippen molar-refractivity contribution in [1.82, 2.24) is 4.90 Å². The van der Waals surface area contributed by atoms with E-state index in [-0.39, 0.29) is 22.6 Å². The van der Waals surface area contributed by atoms with Gasteiger partial charge in [0.1, 0.15) is 16.5 Å². The molecule has 0 unspecified atom stereocenters. The first-order chi connectivity index (χ1) is 12.2. The highest BCUT2D eigenvalue weighted by molar-refractivity contribution is 7.87. The molecule has 0 N–H and O–H groups in total. The summed E-state index contributed by atoms with van der Waals surface area (Å²) in [6.45, 7) is 6.14. The van der Waals surface area contributed by atoms with Crippen molar-refractivity contribution in [3.63, 3.8) is 0 Å². The van der Waals surface area contributed by atoms with Crippen LogP contribution in [0.5, 0.6) is 5.75 Å². The van der Waals surface area contributed by atoms with Crippen molar-refractivity contribution < 1.29 is 21.8 Å². The second-order valence-corrected chi connectivity index (χ2v) is 7.65. The Hall–Kier alpha value is -2.41. The van der Waals surface area contributed by atoms with Gasteiger partial charge in [-0.25, -0.2) is 4.39 Å². The Balaban J connectivity index is 2.11. The van der Waals surface area contributed by atoms with Crippen LogP contribution < -0.4 is 4.18 Å². The van der Waals surface area contributed by atoms with Gasteiger partial charge < -0.3 is 9.08 Å². The van der Waals surface area contributed by atoms with E-state index in [1.54, 1.807) is 17.0 Å². The fourth-order valence-electron chi connectivity index (χ4n) is 2.38. The summed E-state index contributed by atoms with van der Waals surface area (Å²) in [5, 5.41) is 0. The van der Waals surface area contributed by atoms with E-state index in [0.29, 0.717) is 13.0 Å². The minimum Gasteiger partial charge on any atom is -0.379 e. The van der Waals surface area contributed by atoms with Crippen molar-refractivity contribution in [2.24, 2.45) is 0 Å². The summed E-state index contributed by atoms with van der Waals surface area (Å²) in [7, 11) is -4.03. The Morgan fingerprint density at radius 2 is 1.65 bits per heavy atom. The number of carbonyl (C=O) groups excluding carboxylic acids is 1. The molecule has 0 aliphatic heterocycles. The molecule has 0 heterocycles. The molecule has 0 radical (unpaired) electrons. The van der Waals surface area contributed by atoms with Crippen molar-refractivity contribution in [1.29, 1.82) is 0 Å². The molecule has 0 spiro atoms. The molecule has 0 aliphatic carbocycles. The van der Waals surface area contributed by atoms with Crippen molar-refractivity contribution in [2.75, 3.05) is 0 Å². The van der Waals surface area contributed by atoms with Gasteiger partial charge >= 0.3 is 10.1 Å². The summed E-state index contributed by atoms with van der Waals surface area (Å²) in [5.41, 5.74) is 0.868. The van der Waals surface area contributed by atoms with Gasteiger partial charge in [-0.3, -0.25) is 4.79 Å². The second-order valence-electron chi connectivity index (χ2n) is 6.10. The molecule has 0 saturated carbocycles. The van der Waals surface area contributed by atoms with E-state index in [0.717, 1.165) is 29.8 Å². The van der Waals surface area contributed by atoms with Crippen LogP contribution in [-0.4, -0.2) is 25.3 Å². The predicted molar refractivity (Wildman–Crippen MR) is 96.6 cm³/mol. The maximum atomic E-state index is 12.9. The van der Waals surface area contributed by atoms with Gasteiger partial charge in [0.25, 0.3) is 0 Å². The van der Waals surface area contributed by atoms with Gasteiger partial charge in [-0.15, -0.1) is 0 Å². The summed E-state index contributed by atoms with van der Waals surface area (Å²) in [4.78, 5) is 13.6. The highest BCUT2D eigenvalue weighted by Crippen LogP contribution is 2.20. The van der Waals surface area contributed by atoms with Gasteiger partial charge in [0.2, 0.25) is 5.91 Å². The number of carbonyl (C=O) groups is 1. The van der Waals surface area contributed by atoms with Gasteiger partial charge in [0.05, 0.1) is 0 Å². The molecule has 2 rings (SSSR count). The van der Waals surface area contributed by atoms with Gasteiger partial charge in [0, 0.05) is 19.0 Å². The molecule has 0 aromatic heterocycles. The second kappa shape index (κ2) is 8.31. The Morgan fingerprint density at radius 1 is 1.08 bits per heavy atom. The number of amides is 1. The Labute approximate surface area is 153 Å². The SMILES string of the molecule is CCC(=O)N(Cc1ccc(OS(=O)(=O)c2ccc(F)cc2)cc1)C(C)C. The molecular formula is C19H22FNO4S. The van der Waals surface area contributed by atoms with E-state index >= 15 is 0 Å². The van der Waals surface area contributed by atoms with Gasteiger partial charge in [-0.05, 0) is 55.8 Å². The van der Waals surface area contributed by atoms with E-state index in [9.17, 15) is 17.6 Å². The fraction of sp³-hybridized carbons (Fsp3) is 0.316. The van der Waals surface area contributed by atoms with E-state index in [1.807, 2.05) is 20.8 Å². The molecular weight excluding hydrogens is 357 g/mol. The summed E-state index contributed by atoms with van der Waals surface area (Å²) >= 11 is 0. The molecule has 26 heavy (non-hydrogen) atoms. The van der Waals surface area contributed by atoms with Crippen LogP contribution >= 0.6 is 0 Å². The van der Waals surface area contributed by atoms with Crippen LogP contribution in [0.2, 0.25) is 0 Å². The third-order valence-electron chi connectivity index (χ3n) is 3.83. The molecule has 2 aromatic carbocycles. The zero-order valence-electron chi connectivity index (χ0n) is 15.0. The van der Waals surface area contributed by atoms with Crippen molar-refractivity contribution in [2.45, 2.75) is 44.7 Å². The topological polar surface area (TPSA) is 63.7 Å². The van der Waals surface area contributed by atoms with Crippen LogP contribution in [0.25, 0.3) is 0 Å². The summed E-state index contributed by atoms with van der Waals surface area (Å²) < 4.78 is 42.4. The zero-order chi connectivity index (χ0) is 19.3. The van der Waals surface area contributed by atoms with Gasteiger partial charge in [-0.1, -0.05) is 19.1 Å². The standard InChI is InChI=1S/C19H22FNO4S/c1-4-19(22)21(14(2)3)13-15-5-9-17(10-6-15)25-26(23,24)18-11-7-16(20)8-12-18/h5-12,14H,4,13H2,1-3H3. The highest BCUT2D eigenvalue weighted by Gasteiger charge is 2.18. The lowest BCUT2D eigenvalue weighted by Crippen LogP contribution is -2.35. The summed E-state index contributed by atoms with van der Waals surface area (Å²) in [5.74, 6) is -0.320. The van der Waals surface area contributed by atoms with Crippen molar-refractivity contribution >= 4 is 16.0 Å². The fourth-order valence-corrected chi connectivity index (χ4v) is 3.32. The maximum Gasteiger partial charge on any atom is 0.339 e. The number of benzene rings is 2. The monoisotopic (exact) mass is 379 g/mol. The van der Waals surface area contributed by atoms with Crippen LogP contribution in [0, 0.1) is 5.82 Å². The van der Waals surface area contributed by atoms with Crippen molar-refractivity contribution in [3.05, 3.63) is 59.9 Å². The molecule has 1 amide bonds. The maximum absolute atomic E-state index is 12.9. The Bertz CT molecular complexity index is 846. The zero-order valence-corrected chi connectivity index (χ0v) is 15.8. The molecule has 0 fully saturated rings. The smallest absolute Gasteiger partial charge is 0.339 e. The minimum atomic E-state index is -4.03. The third kappa shape index (κ3) is 5.05. The lowest BCUT2D eigenvalue weighted by Gasteiger charge is -2.26. The van der Waals surface area contributed by atoms with Gasteiger partial charge in [-0.2, -0.15) is 8.42 Å². The molecule has 5 nitrogen and oxygen atoms in total. The first kappa shape index (κ1) is 19.9. The molecule has 0 saturated heterocycles.